The van der Waals surface area contributed by atoms with E-state index in [0.717, 1.165) is 32.7 Å². The Bertz CT molecular complexity index is 930. The van der Waals surface area contributed by atoms with E-state index in [-0.39, 0.29) is 0 Å². The summed E-state index contributed by atoms with van der Waals surface area (Å²) in [6.45, 7) is 2.09. The van der Waals surface area contributed by atoms with Crippen LogP contribution in [0.15, 0.2) is 53.7 Å². The predicted molar refractivity (Wildman–Crippen MR) is 88.7 cm³/mol. The van der Waals surface area contributed by atoms with Crippen molar-refractivity contribution in [2.45, 2.75) is 12.1 Å². The Morgan fingerprint density at radius 3 is 1.95 bits per heavy atom. The zero-order valence-electron chi connectivity index (χ0n) is 11.6. The Kier molecular flexibility index (Phi) is 2.97. The van der Waals surface area contributed by atoms with Gasteiger partial charge in [0.25, 0.3) is 0 Å². The van der Waals surface area contributed by atoms with Crippen LogP contribution in [0.3, 0.4) is 0 Å². The number of hydrogen-bond donors (Lipinski definition) is 0. The third-order valence-corrected chi connectivity index (χ3v) is 4.32. The van der Waals surface area contributed by atoms with Crippen LogP contribution in [-0.2, 0) is 0 Å². The molecule has 3 aromatic carbocycles. The van der Waals surface area contributed by atoms with E-state index in [1.807, 2.05) is 12.1 Å². The first kappa shape index (κ1) is 12.5. The third kappa shape index (κ3) is 1.94. The van der Waals surface area contributed by atoms with E-state index in [4.69, 9.17) is 4.98 Å². The van der Waals surface area contributed by atoms with Gasteiger partial charge in [-0.1, -0.05) is 67.2 Å². The van der Waals surface area contributed by atoms with Crippen LogP contribution in [0, 0.1) is 0 Å². The second kappa shape index (κ2) is 4.97. The predicted octanol–water partition coefficient (Wildman–Crippen LogP) is 4.44. The average Bonchev–Trinajstić information content (AvgIpc) is 2.55. The molecule has 4 rings (SSSR count). The fraction of sp³-hybridized carbons (Fsp3) is 0.118. The highest BCUT2D eigenvalue weighted by atomic mass is 32.2. The lowest BCUT2D eigenvalue weighted by Crippen LogP contribution is -1.95. The van der Waals surface area contributed by atoms with Crippen LogP contribution in [0.25, 0.3) is 32.6 Å². The Balaban J connectivity index is 2.24. The van der Waals surface area contributed by atoms with Gasteiger partial charge < -0.3 is 0 Å². The molecule has 1 heterocycles. The smallest absolute Gasteiger partial charge is 0.209 e. The van der Waals surface area contributed by atoms with Crippen LogP contribution in [0.1, 0.15) is 6.92 Å². The summed E-state index contributed by atoms with van der Waals surface area (Å²) in [4.78, 5) is 4.73. The molecule has 0 saturated carbocycles. The summed E-state index contributed by atoms with van der Waals surface area (Å²) in [6, 6.07) is 16.7. The molecule has 3 nitrogen and oxygen atoms in total. The lowest BCUT2D eigenvalue weighted by molar-refractivity contribution is 0.884. The number of rotatable bonds is 2. The number of thioether (sulfide) groups is 1. The first-order chi connectivity index (χ1) is 10.4. The molecule has 0 unspecified atom stereocenters. The normalized spacial score (nSPS) is 11.5. The molecule has 0 aliphatic heterocycles. The van der Waals surface area contributed by atoms with E-state index in [9.17, 15) is 0 Å². The zero-order valence-corrected chi connectivity index (χ0v) is 12.4. The van der Waals surface area contributed by atoms with Crippen molar-refractivity contribution in [3.8, 4) is 0 Å². The van der Waals surface area contributed by atoms with Crippen LogP contribution < -0.4 is 0 Å². The topological polar surface area (TPSA) is 38.7 Å². The van der Waals surface area contributed by atoms with Gasteiger partial charge in [-0.3, -0.25) is 0 Å². The first-order valence-corrected chi connectivity index (χ1v) is 7.93. The van der Waals surface area contributed by atoms with Crippen molar-refractivity contribution in [2.24, 2.45) is 0 Å². The molecular weight excluding hydrogens is 278 g/mol. The number of aromatic nitrogens is 3. The summed E-state index contributed by atoms with van der Waals surface area (Å²) < 4.78 is 0. The van der Waals surface area contributed by atoms with Crippen LogP contribution in [0.4, 0.5) is 0 Å². The van der Waals surface area contributed by atoms with Crippen molar-refractivity contribution in [2.75, 3.05) is 5.75 Å². The standard InChI is InChI=1S/C17H13N3S/c1-2-21-17-18-15-13-9-5-3-7-11(13)12-8-4-6-10-14(12)16(15)19-20-17/h3-10H,2H2,1H3. The molecule has 0 radical (unpaired) electrons. The van der Waals surface area contributed by atoms with Crippen LogP contribution >= 0.6 is 11.8 Å². The molecule has 0 aliphatic carbocycles. The molecule has 0 N–H and O–H groups in total. The summed E-state index contributed by atoms with van der Waals surface area (Å²) in [7, 11) is 0. The maximum atomic E-state index is 4.73. The lowest BCUT2D eigenvalue weighted by Gasteiger charge is -2.08. The Morgan fingerprint density at radius 1 is 0.762 bits per heavy atom. The lowest BCUT2D eigenvalue weighted by atomic mass is 10.00. The van der Waals surface area contributed by atoms with Crippen LogP contribution in [0.5, 0.6) is 0 Å². The van der Waals surface area contributed by atoms with E-state index in [2.05, 4.69) is 53.5 Å². The summed E-state index contributed by atoms with van der Waals surface area (Å²) in [5.41, 5.74) is 1.82. The average molecular weight is 291 g/mol. The minimum absolute atomic E-state index is 0.741. The molecular formula is C17H13N3S. The molecule has 4 aromatic rings. The number of hydrogen-bond acceptors (Lipinski definition) is 4. The highest BCUT2D eigenvalue weighted by molar-refractivity contribution is 7.99. The SMILES string of the molecule is CCSc1nnc2c3ccccc3c3ccccc3c2n1. The molecule has 0 fully saturated rings. The first-order valence-electron chi connectivity index (χ1n) is 6.95. The molecule has 21 heavy (non-hydrogen) atoms. The van der Waals surface area contributed by atoms with Crippen molar-refractivity contribution in [1.82, 2.24) is 15.2 Å². The Labute approximate surface area is 126 Å². The van der Waals surface area contributed by atoms with Gasteiger partial charge in [0.1, 0.15) is 11.0 Å². The zero-order chi connectivity index (χ0) is 14.2. The summed E-state index contributed by atoms with van der Waals surface area (Å²) in [6.07, 6.45) is 0. The van der Waals surface area contributed by atoms with Gasteiger partial charge in [-0.05, 0) is 16.5 Å². The quantitative estimate of drug-likeness (QED) is 0.404. The number of fused-ring (bicyclic) bond motifs is 6. The molecule has 4 heteroatoms. The molecule has 0 spiro atoms. The molecule has 0 saturated heterocycles. The second-order valence-electron chi connectivity index (χ2n) is 4.82. The van der Waals surface area contributed by atoms with Crippen molar-refractivity contribution in [1.29, 1.82) is 0 Å². The van der Waals surface area contributed by atoms with Crippen LogP contribution in [-0.4, -0.2) is 20.9 Å². The number of nitrogens with zero attached hydrogens (tertiary/aromatic N) is 3. The minimum atomic E-state index is 0.741. The maximum Gasteiger partial charge on any atom is 0.209 e. The maximum absolute atomic E-state index is 4.73. The van der Waals surface area contributed by atoms with Gasteiger partial charge in [0.15, 0.2) is 0 Å². The van der Waals surface area contributed by atoms with Gasteiger partial charge in [0.2, 0.25) is 5.16 Å². The van der Waals surface area contributed by atoms with E-state index in [0.29, 0.717) is 0 Å². The molecule has 1 aromatic heterocycles. The van der Waals surface area contributed by atoms with E-state index >= 15 is 0 Å². The van der Waals surface area contributed by atoms with Gasteiger partial charge in [-0.2, -0.15) is 0 Å². The van der Waals surface area contributed by atoms with Gasteiger partial charge in [0.05, 0.1) is 0 Å². The minimum Gasteiger partial charge on any atom is -0.219 e. The fourth-order valence-corrected chi connectivity index (χ4v) is 3.23. The molecule has 0 amide bonds. The Morgan fingerprint density at radius 2 is 1.33 bits per heavy atom. The van der Waals surface area contributed by atoms with Gasteiger partial charge in [-0.25, -0.2) is 4.98 Å². The van der Waals surface area contributed by atoms with Gasteiger partial charge in [0, 0.05) is 10.8 Å². The summed E-state index contributed by atoms with van der Waals surface area (Å²) in [5, 5.41) is 14.1. The largest absolute Gasteiger partial charge is 0.219 e. The van der Waals surface area contributed by atoms with Crippen LogP contribution in [0.2, 0.25) is 0 Å². The Hall–Kier alpha value is -2.20. The van der Waals surface area contributed by atoms with E-state index < -0.39 is 0 Å². The fourth-order valence-electron chi connectivity index (χ4n) is 2.72. The molecule has 0 atom stereocenters. The molecule has 0 bridgehead atoms. The summed E-state index contributed by atoms with van der Waals surface area (Å²) in [5.74, 6) is 0.943. The van der Waals surface area contributed by atoms with Gasteiger partial charge >= 0.3 is 0 Å². The van der Waals surface area contributed by atoms with Crippen molar-refractivity contribution >= 4 is 44.3 Å². The highest BCUT2D eigenvalue weighted by Crippen LogP contribution is 2.32. The van der Waals surface area contributed by atoms with E-state index in [1.54, 1.807) is 11.8 Å². The van der Waals surface area contributed by atoms with E-state index in [1.165, 1.54) is 10.8 Å². The molecule has 102 valence electrons. The van der Waals surface area contributed by atoms with Crippen molar-refractivity contribution < 1.29 is 0 Å². The second-order valence-corrected chi connectivity index (χ2v) is 6.05. The number of benzene rings is 3. The third-order valence-electron chi connectivity index (χ3n) is 3.60. The van der Waals surface area contributed by atoms with Crippen molar-refractivity contribution in [3.05, 3.63) is 48.5 Å². The van der Waals surface area contributed by atoms with Crippen molar-refractivity contribution in [3.63, 3.8) is 0 Å². The highest BCUT2D eigenvalue weighted by Gasteiger charge is 2.11. The molecule has 0 aliphatic rings. The summed E-state index contributed by atoms with van der Waals surface area (Å²) >= 11 is 1.62. The monoisotopic (exact) mass is 291 g/mol. The van der Waals surface area contributed by atoms with Gasteiger partial charge in [-0.15, -0.1) is 10.2 Å².